The van der Waals surface area contributed by atoms with E-state index >= 15 is 0 Å². The first-order valence-electron chi connectivity index (χ1n) is 9.40. The van der Waals surface area contributed by atoms with E-state index in [0.717, 1.165) is 28.9 Å². The molecule has 1 saturated carbocycles. The molecule has 0 radical (unpaired) electrons. The maximum Gasteiger partial charge on any atom is 0.272 e. The van der Waals surface area contributed by atoms with Crippen molar-refractivity contribution in [1.29, 1.82) is 0 Å². The van der Waals surface area contributed by atoms with Gasteiger partial charge in [0.05, 0.1) is 11.5 Å². The van der Waals surface area contributed by atoms with Gasteiger partial charge in [0, 0.05) is 42.2 Å². The number of H-pyrrole nitrogens is 1. The highest BCUT2D eigenvalue weighted by Crippen LogP contribution is 2.39. The molecule has 0 spiro atoms. The summed E-state index contributed by atoms with van der Waals surface area (Å²) in [5, 5.41) is 0.809. The first kappa shape index (κ1) is 18.8. The molecule has 0 saturated heterocycles. The smallest absolute Gasteiger partial charge is 0.272 e. The average molecular weight is 401 g/mol. The predicted molar refractivity (Wildman–Crippen MR) is 110 cm³/mol. The Morgan fingerprint density at radius 1 is 1.25 bits per heavy atom. The zero-order chi connectivity index (χ0) is 20.1. The number of fused-ring (bicyclic) bond motifs is 1. The van der Waals surface area contributed by atoms with Crippen molar-refractivity contribution in [2.24, 2.45) is 13.0 Å². The second kappa shape index (κ2) is 6.81. The summed E-state index contributed by atoms with van der Waals surface area (Å²) in [6.07, 6.45) is 8.26. The first-order chi connectivity index (χ1) is 13.3. The minimum absolute atomic E-state index is 0.176. The van der Waals surface area contributed by atoms with E-state index in [0.29, 0.717) is 23.4 Å². The third kappa shape index (κ3) is 3.46. The number of nitrogens with zero attached hydrogens (tertiary/aromatic N) is 1. The Kier molecular flexibility index (Phi) is 4.57. The van der Waals surface area contributed by atoms with Gasteiger partial charge in [-0.15, -0.1) is 0 Å². The Hall–Kier alpha value is -2.54. The lowest BCUT2D eigenvalue weighted by Gasteiger charge is -2.13. The molecule has 0 aliphatic heterocycles. The van der Waals surface area contributed by atoms with Crippen LogP contribution in [0.3, 0.4) is 0 Å². The molecule has 2 heterocycles. The van der Waals surface area contributed by atoms with Crippen molar-refractivity contribution in [2.75, 3.05) is 12.9 Å². The van der Waals surface area contributed by atoms with Crippen molar-refractivity contribution in [2.45, 2.75) is 31.1 Å². The third-order valence-corrected chi connectivity index (χ3v) is 6.47. The minimum Gasteiger partial charge on any atom is -0.493 e. The van der Waals surface area contributed by atoms with Gasteiger partial charge in [0.1, 0.15) is 11.3 Å². The highest BCUT2D eigenvalue weighted by molar-refractivity contribution is 7.90. The number of aromatic nitrogens is 2. The van der Waals surface area contributed by atoms with Gasteiger partial charge in [-0.2, -0.15) is 0 Å². The van der Waals surface area contributed by atoms with E-state index in [1.807, 2.05) is 20.2 Å². The Labute approximate surface area is 164 Å². The molecule has 28 heavy (non-hydrogen) atoms. The van der Waals surface area contributed by atoms with Crippen LogP contribution in [0.15, 0.2) is 40.3 Å². The fourth-order valence-electron chi connectivity index (χ4n) is 3.64. The van der Waals surface area contributed by atoms with Crippen molar-refractivity contribution in [3.63, 3.8) is 0 Å². The number of nitrogens with one attached hydrogen (secondary N) is 1. The molecule has 1 aliphatic rings. The first-order valence-corrected chi connectivity index (χ1v) is 11.3. The number of aryl methyl sites for hydroxylation is 2. The Balaban J connectivity index is 1.90. The van der Waals surface area contributed by atoms with Crippen LogP contribution in [-0.2, 0) is 16.9 Å². The molecule has 1 aromatic carbocycles. The molecule has 1 fully saturated rings. The summed E-state index contributed by atoms with van der Waals surface area (Å²) in [5.74, 6) is 1.39. The second-order valence-corrected chi connectivity index (χ2v) is 9.70. The van der Waals surface area contributed by atoms with Crippen LogP contribution < -0.4 is 10.3 Å². The number of aromatic amines is 1. The molecule has 3 aromatic rings. The summed E-state index contributed by atoms with van der Waals surface area (Å²) in [7, 11) is -1.56. The molecule has 0 atom stereocenters. The van der Waals surface area contributed by atoms with Gasteiger partial charge in [0.15, 0.2) is 9.84 Å². The van der Waals surface area contributed by atoms with Gasteiger partial charge in [-0.25, -0.2) is 8.42 Å². The van der Waals surface area contributed by atoms with Crippen LogP contribution in [0.2, 0.25) is 0 Å². The van der Waals surface area contributed by atoms with Gasteiger partial charge >= 0.3 is 0 Å². The average Bonchev–Trinajstić information content (AvgIpc) is 3.38. The molecule has 7 heteroatoms. The summed E-state index contributed by atoms with van der Waals surface area (Å²) in [5.41, 5.74) is 2.79. The van der Waals surface area contributed by atoms with Crippen LogP contribution in [0.5, 0.6) is 5.75 Å². The Morgan fingerprint density at radius 2 is 2.00 bits per heavy atom. The number of hydrogen-bond donors (Lipinski definition) is 1. The number of rotatable bonds is 6. The summed E-state index contributed by atoms with van der Waals surface area (Å²) in [6.45, 7) is 2.52. The third-order valence-electron chi connectivity index (χ3n) is 5.36. The summed E-state index contributed by atoms with van der Waals surface area (Å²) in [6, 6.07) is 4.95. The van der Waals surface area contributed by atoms with E-state index in [4.69, 9.17) is 4.74 Å². The van der Waals surface area contributed by atoms with E-state index in [1.54, 1.807) is 29.0 Å². The zero-order valence-corrected chi connectivity index (χ0v) is 17.1. The van der Waals surface area contributed by atoms with Crippen molar-refractivity contribution < 1.29 is 13.2 Å². The van der Waals surface area contributed by atoms with Crippen molar-refractivity contribution in [3.8, 4) is 16.9 Å². The standard InChI is InChI=1S/C21H24N2O4S/c1-13-11-22-21(24)20-19(13)17(12-23(20)2)16-10-15(28(3,25)26)6-7-18(16)27-9-8-14-4-5-14/h6-7,10-12,14H,4-5,8-9H2,1-3H3,(H,22,24). The molecule has 6 nitrogen and oxygen atoms in total. The van der Waals surface area contributed by atoms with Crippen molar-refractivity contribution in [1.82, 2.24) is 9.55 Å². The number of pyridine rings is 1. The van der Waals surface area contributed by atoms with Crippen LogP contribution in [0.4, 0.5) is 0 Å². The maximum atomic E-state index is 12.4. The van der Waals surface area contributed by atoms with Gasteiger partial charge in [0.2, 0.25) is 0 Å². The molecule has 1 aliphatic carbocycles. The van der Waals surface area contributed by atoms with Crippen LogP contribution in [0, 0.1) is 12.8 Å². The van der Waals surface area contributed by atoms with Crippen molar-refractivity contribution >= 4 is 20.7 Å². The van der Waals surface area contributed by atoms with E-state index in [-0.39, 0.29) is 10.5 Å². The number of hydrogen-bond acceptors (Lipinski definition) is 4. The maximum absolute atomic E-state index is 12.4. The van der Waals surface area contributed by atoms with Gasteiger partial charge in [-0.05, 0) is 43.0 Å². The number of benzene rings is 1. The number of ether oxygens (including phenoxy) is 1. The largest absolute Gasteiger partial charge is 0.493 e. The van der Waals surface area contributed by atoms with Crippen LogP contribution in [0.1, 0.15) is 24.8 Å². The van der Waals surface area contributed by atoms with E-state index in [1.165, 1.54) is 19.1 Å². The lowest BCUT2D eigenvalue weighted by molar-refractivity contribution is 0.303. The quantitative estimate of drug-likeness (QED) is 0.687. The molecular formula is C21H24N2O4S. The highest BCUT2D eigenvalue weighted by atomic mass is 32.2. The highest BCUT2D eigenvalue weighted by Gasteiger charge is 2.22. The zero-order valence-electron chi connectivity index (χ0n) is 16.3. The molecule has 0 bridgehead atoms. The second-order valence-electron chi connectivity index (χ2n) is 7.69. The van der Waals surface area contributed by atoms with E-state index in [9.17, 15) is 13.2 Å². The predicted octanol–water partition coefficient (Wildman–Crippen LogP) is 3.42. The molecule has 2 aromatic heterocycles. The van der Waals surface area contributed by atoms with Crippen LogP contribution in [-0.4, -0.2) is 30.8 Å². The molecule has 0 amide bonds. The van der Waals surface area contributed by atoms with Crippen LogP contribution in [0.25, 0.3) is 22.0 Å². The van der Waals surface area contributed by atoms with E-state index < -0.39 is 9.84 Å². The van der Waals surface area contributed by atoms with Gasteiger partial charge in [0.25, 0.3) is 5.56 Å². The SMILES string of the molecule is Cc1c[nH]c(=O)c2c1c(-c1cc(S(C)(=O)=O)ccc1OCCC1CC1)cn2C. The normalized spacial score (nSPS) is 14.5. The fraction of sp³-hybridized carbons (Fsp3) is 0.381. The van der Waals surface area contributed by atoms with Crippen molar-refractivity contribution in [3.05, 3.63) is 46.5 Å². The summed E-state index contributed by atoms with van der Waals surface area (Å²) >= 11 is 0. The molecular weight excluding hydrogens is 376 g/mol. The summed E-state index contributed by atoms with van der Waals surface area (Å²) in [4.78, 5) is 15.3. The topological polar surface area (TPSA) is 81.2 Å². The lowest BCUT2D eigenvalue weighted by atomic mass is 10.0. The lowest BCUT2D eigenvalue weighted by Crippen LogP contribution is -2.08. The summed E-state index contributed by atoms with van der Waals surface area (Å²) < 4.78 is 32.1. The molecule has 4 rings (SSSR count). The molecule has 148 valence electrons. The van der Waals surface area contributed by atoms with Gasteiger partial charge < -0.3 is 14.3 Å². The molecule has 0 unspecified atom stereocenters. The number of sulfone groups is 1. The Bertz CT molecular complexity index is 1220. The monoisotopic (exact) mass is 400 g/mol. The fourth-order valence-corrected chi connectivity index (χ4v) is 4.28. The Morgan fingerprint density at radius 3 is 2.68 bits per heavy atom. The van der Waals surface area contributed by atoms with Crippen LogP contribution >= 0.6 is 0 Å². The van der Waals surface area contributed by atoms with Gasteiger partial charge in [-0.3, -0.25) is 4.79 Å². The molecule has 1 N–H and O–H groups in total. The van der Waals surface area contributed by atoms with Gasteiger partial charge in [-0.1, -0.05) is 12.8 Å². The van der Waals surface area contributed by atoms with E-state index in [2.05, 4.69) is 4.98 Å². The minimum atomic E-state index is -3.37.